The zero-order chi connectivity index (χ0) is 19.8. The van der Waals surface area contributed by atoms with Crippen LogP contribution < -0.4 is 20.9 Å². The van der Waals surface area contributed by atoms with Crippen molar-refractivity contribution in [3.63, 3.8) is 0 Å². The summed E-state index contributed by atoms with van der Waals surface area (Å²) < 4.78 is 0. The molecular formula is C19H22ClN4O3+. The number of anilines is 2. The molecule has 0 heterocycles. The highest BCUT2D eigenvalue weighted by Crippen LogP contribution is 2.19. The predicted molar refractivity (Wildman–Crippen MR) is 105 cm³/mol. The summed E-state index contributed by atoms with van der Waals surface area (Å²) >= 11 is 6.01. The van der Waals surface area contributed by atoms with Gasteiger partial charge in [0, 0.05) is 18.3 Å². The van der Waals surface area contributed by atoms with Gasteiger partial charge in [0.25, 0.3) is 17.7 Å². The number of amides is 3. The summed E-state index contributed by atoms with van der Waals surface area (Å²) in [5.41, 5.74) is 1.51. The Labute approximate surface area is 162 Å². The van der Waals surface area contributed by atoms with Crippen molar-refractivity contribution >= 4 is 40.7 Å². The SMILES string of the molecule is CNC(=O)c1cccc(NC(=O)C[NH+](C)CC(=O)Nc2ccccc2Cl)c1. The number of benzene rings is 2. The number of nitrogens with one attached hydrogen (secondary N) is 4. The summed E-state index contributed by atoms with van der Waals surface area (Å²) in [7, 11) is 3.28. The molecule has 0 aliphatic heterocycles. The van der Waals surface area contributed by atoms with Crippen LogP contribution in [0.3, 0.4) is 0 Å². The average molecular weight is 390 g/mol. The third kappa shape index (κ3) is 6.40. The van der Waals surface area contributed by atoms with Gasteiger partial charge in [0.2, 0.25) is 0 Å². The number of halogens is 1. The lowest BCUT2D eigenvalue weighted by molar-refractivity contribution is -0.862. The molecule has 0 aliphatic carbocycles. The monoisotopic (exact) mass is 389 g/mol. The Morgan fingerprint density at radius 3 is 2.30 bits per heavy atom. The van der Waals surface area contributed by atoms with Crippen molar-refractivity contribution in [2.45, 2.75) is 0 Å². The molecule has 2 aromatic carbocycles. The predicted octanol–water partition coefficient (Wildman–Crippen LogP) is 0.792. The third-order valence-corrected chi connectivity index (χ3v) is 4.04. The molecule has 2 aromatic rings. The lowest BCUT2D eigenvalue weighted by Crippen LogP contribution is -3.11. The maximum absolute atomic E-state index is 12.2. The minimum Gasteiger partial charge on any atom is -0.355 e. The Morgan fingerprint density at radius 1 is 0.963 bits per heavy atom. The number of carbonyl (C=O) groups excluding carboxylic acids is 3. The molecule has 0 fully saturated rings. The number of quaternary nitrogens is 1. The quantitative estimate of drug-likeness (QED) is 0.564. The molecule has 4 N–H and O–H groups in total. The maximum atomic E-state index is 12.2. The van der Waals surface area contributed by atoms with Gasteiger partial charge in [-0.3, -0.25) is 14.4 Å². The fourth-order valence-corrected chi connectivity index (χ4v) is 2.64. The van der Waals surface area contributed by atoms with E-state index in [-0.39, 0.29) is 30.8 Å². The summed E-state index contributed by atoms with van der Waals surface area (Å²) in [6, 6.07) is 13.6. The van der Waals surface area contributed by atoms with Crippen LogP contribution in [0.15, 0.2) is 48.5 Å². The molecule has 0 aromatic heterocycles. The van der Waals surface area contributed by atoms with Gasteiger partial charge in [0.15, 0.2) is 13.1 Å². The Bertz CT molecular complexity index is 841. The van der Waals surface area contributed by atoms with Crippen LogP contribution in [0, 0.1) is 0 Å². The molecule has 0 saturated carbocycles. The number of hydrogen-bond acceptors (Lipinski definition) is 3. The molecule has 7 nitrogen and oxygen atoms in total. The summed E-state index contributed by atoms with van der Waals surface area (Å²) in [5.74, 6) is -0.729. The molecule has 0 saturated heterocycles. The molecule has 0 radical (unpaired) electrons. The Morgan fingerprint density at radius 2 is 1.63 bits per heavy atom. The third-order valence-electron chi connectivity index (χ3n) is 3.71. The molecule has 3 amide bonds. The summed E-state index contributed by atoms with van der Waals surface area (Å²) in [6.07, 6.45) is 0. The first kappa shape index (κ1) is 20.4. The molecule has 0 aliphatic rings. The van der Waals surface area contributed by atoms with Gasteiger partial charge in [-0.25, -0.2) is 0 Å². The van der Waals surface area contributed by atoms with Gasteiger partial charge in [-0.1, -0.05) is 29.8 Å². The first-order chi connectivity index (χ1) is 12.9. The first-order valence-electron chi connectivity index (χ1n) is 8.36. The summed E-state index contributed by atoms with van der Waals surface area (Å²) in [6.45, 7) is 0.205. The van der Waals surface area contributed by atoms with Gasteiger partial charge in [-0.15, -0.1) is 0 Å². The van der Waals surface area contributed by atoms with Crippen molar-refractivity contribution in [1.82, 2.24) is 5.32 Å². The minimum absolute atomic E-state index is 0.0974. The molecular weight excluding hydrogens is 368 g/mol. The van der Waals surface area contributed by atoms with E-state index < -0.39 is 0 Å². The largest absolute Gasteiger partial charge is 0.355 e. The summed E-state index contributed by atoms with van der Waals surface area (Å²) in [4.78, 5) is 36.6. The van der Waals surface area contributed by atoms with Crippen LogP contribution in [0.4, 0.5) is 11.4 Å². The van der Waals surface area contributed by atoms with Gasteiger partial charge in [-0.2, -0.15) is 0 Å². The van der Waals surface area contributed by atoms with Crippen molar-refractivity contribution in [2.75, 3.05) is 37.8 Å². The van der Waals surface area contributed by atoms with Crippen LogP contribution in [-0.2, 0) is 9.59 Å². The number of likely N-dealkylation sites (N-methyl/N-ethyl adjacent to an activating group) is 1. The highest BCUT2D eigenvalue weighted by molar-refractivity contribution is 6.33. The van der Waals surface area contributed by atoms with E-state index in [0.717, 1.165) is 0 Å². The minimum atomic E-state index is -0.257. The zero-order valence-electron chi connectivity index (χ0n) is 15.1. The van der Waals surface area contributed by atoms with E-state index in [9.17, 15) is 14.4 Å². The molecule has 0 spiro atoms. The van der Waals surface area contributed by atoms with E-state index in [1.807, 2.05) is 0 Å². The fraction of sp³-hybridized carbons (Fsp3) is 0.211. The van der Waals surface area contributed by atoms with Crippen LogP contribution in [-0.4, -0.2) is 44.9 Å². The second-order valence-electron chi connectivity index (χ2n) is 6.05. The van der Waals surface area contributed by atoms with Crippen molar-refractivity contribution < 1.29 is 19.3 Å². The van der Waals surface area contributed by atoms with Crippen LogP contribution in [0.2, 0.25) is 5.02 Å². The topological polar surface area (TPSA) is 91.7 Å². The van der Waals surface area contributed by atoms with E-state index in [2.05, 4.69) is 16.0 Å². The highest BCUT2D eigenvalue weighted by atomic mass is 35.5. The molecule has 1 unspecified atom stereocenters. The van der Waals surface area contributed by atoms with Crippen LogP contribution in [0.1, 0.15) is 10.4 Å². The normalized spacial score (nSPS) is 11.4. The van der Waals surface area contributed by atoms with Gasteiger partial charge >= 0.3 is 0 Å². The molecule has 2 rings (SSSR count). The van der Waals surface area contributed by atoms with Gasteiger partial charge in [0.1, 0.15) is 0 Å². The van der Waals surface area contributed by atoms with E-state index in [1.54, 1.807) is 62.6 Å². The Balaban J connectivity index is 1.85. The highest BCUT2D eigenvalue weighted by Gasteiger charge is 2.15. The van der Waals surface area contributed by atoms with E-state index in [1.165, 1.54) is 0 Å². The van der Waals surface area contributed by atoms with E-state index in [4.69, 9.17) is 11.6 Å². The van der Waals surface area contributed by atoms with Gasteiger partial charge in [0.05, 0.1) is 17.8 Å². The van der Waals surface area contributed by atoms with Crippen molar-refractivity contribution in [3.8, 4) is 0 Å². The van der Waals surface area contributed by atoms with Crippen LogP contribution in [0.5, 0.6) is 0 Å². The second-order valence-corrected chi connectivity index (χ2v) is 6.45. The zero-order valence-corrected chi connectivity index (χ0v) is 15.9. The molecule has 142 valence electrons. The van der Waals surface area contributed by atoms with E-state index >= 15 is 0 Å². The van der Waals surface area contributed by atoms with Crippen molar-refractivity contribution in [1.29, 1.82) is 0 Å². The van der Waals surface area contributed by atoms with Crippen LogP contribution >= 0.6 is 11.6 Å². The number of hydrogen-bond donors (Lipinski definition) is 4. The first-order valence-corrected chi connectivity index (χ1v) is 8.74. The Kier molecular flexibility index (Phi) is 7.34. The molecule has 8 heteroatoms. The van der Waals surface area contributed by atoms with Gasteiger partial charge in [-0.05, 0) is 30.3 Å². The van der Waals surface area contributed by atoms with Crippen LogP contribution in [0.25, 0.3) is 0 Å². The molecule has 0 bridgehead atoms. The smallest absolute Gasteiger partial charge is 0.279 e. The standard InChI is InChI=1S/C19H21ClN4O3/c1-21-19(27)13-6-5-7-14(10-13)22-17(25)11-24(2)12-18(26)23-16-9-4-3-8-15(16)20/h3-10H,11-12H2,1-2H3,(H,21,27)(H,22,25)(H,23,26)/p+1. The second kappa shape index (κ2) is 9.70. The van der Waals surface area contributed by atoms with Crippen molar-refractivity contribution in [3.05, 3.63) is 59.1 Å². The lowest BCUT2D eigenvalue weighted by Gasteiger charge is -2.14. The maximum Gasteiger partial charge on any atom is 0.279 e. The Hall–Kier alpha value is -2.90. The van der Waals surface area contributed by atoms with Crippen molar-refractivity contribution in [2.24, 2.45) is 0 Å². The molecule has 27 heavy (non-hydrogen) atoms. The average Bonchev–Trinajstić information content (AvgIpc) is 2.62. The number of para-hydroxylation sites is 1. The molecule has 1 atom stereocenters. The van der Waals surface area contributed by atoms with Gasteiger partial charge < -0.3 is 20.9 Å². The number of rotatable bonds is 7. The number of carbonyl (C=O) groups is 3. The lowest BCUT2D eigenvalue weighted by atomic mass is 10.2. The summed E-state index contributed by atoms with van der Waals surface area (Å²) in [5, 5.41) is 8.44. The fourth-order valence-electron chi connectivity index (χ4n) is 2.46. The van der Waals surface area contributed by atoms with E-state index in [0.29, 0.717) is 26.9 Å².